The molecular formula is C18H24O6. The van der Waals surface area contributed by atoms with Gasteiger partial charge in [-0.15, -0.1) is 26.3 Å². The molecular weight excluding hydrogens is 312 g/mol. The van der Waals surface area contributed by atoms with Crippen molar-refractivity contribution in [2.45, 2.75) is 26.7 Å². The fourth-order valence-electron chi connectivity index (χ4n) is 0.923. The summed E-state index contributed by atoms with van der Waals surface area (Å²) in [6.07, 6.45) is 5.72. The van der Waals surface area contributed by atoms with Gasteiger partial charge in [0.25, 0.3) is 0 Å². The van der Waals surface area contributed by atoms with E-state index in [0.717, 1.165) is 0 Å². The lowest BCUT2D eigenvalue weighted by Crippen LogP contribution is -2.21. The van der Waals surface area contributed by atoms with Crippen molar-refractivity contribution in [1.82, 2.24) is 0 Å². The van der Waals surface area contributed by atoms with Crippen molar-refractivity contribution in [2.24, 2.45) is 11.8 Å². The second-order valence-corrected chi connectivity index (χ2v) is 4.62. The highest BCUT2D eigenvalue weighted by atomic mass is 16.6. The first-order valence-electron chi connectivity index (χ1n) is 7.19. The lowest BCUT2D eigenvalue weighted by atomic mass is 10.2. The monoisotopic (exact) mass is 336 g/mol. The zero-order chi connectivity index (χ0) is 19.1. The number of hydrogen-bond acceptors (Lipinski definition) is 6. The smallest absolute Gasteiger partial charge is 0.320 e. The van der Waals surface area contributed by atoms with Crippen LogP contribution in [0.1, 0.15) is 26.7 Å². The molecule has 0 rings (SSSR count). The molecule has 0 aliphatic heterocycles. The third-order valence-corrected chi connectivity index (χ3v) is 2.50. The molecule has 0 aliphatic rings. The number of carbonyl (C=O) groups excluding carboxylic acids is 4. The van der Waals surface area contributed by atoms with Gasteiger partial charge in [-0.3, -0.25) is 19.2 Å². The van der Waals surface area contributed by atoms with E-state index in [9.17, 15) is 19.2 Å². The van der Waals surface area contributed by atoms with Crippen LogP contribution in [-0.2, 0) is 28.7 Å². The van der Waals surface area contributed by atoms with Gasteiger partial charge >= 0.3 is 23.9 Å². The molecule has 2 atom stereocenters. The van der Waals surface area contributed by atoms with E-state index in [1.165, 1.54) is 24.3 Å². The fourth-order valence-corrected chi connectivity index (χ4v) is 0.923. The molecule has 0 aromatic heterocycles. The van der Waals surface area contributed by atoms with Crippen molar-refractivity contribution in [1.29, 1.82) is 0 Å². The molecule has 0 bridgehead atoms. The Bertz CT molecular complexity index is 460. The van der Waals surface area contributed by atoms with Gasteiger partial charge in [-0.2, -0.15) is 0 Å². The second kappa shape index (κ2) is 13.9. The summed E-state index contributed by atoms with van der Waals surface area (Å²) in [5.41, 5.74) is 0. The van der Waals surface area contributed by atoms with Crippen LogP contribution in [-0.4, -0.2) is 23.9 Å². The summed E-state index contributed by atoms with van der Waals surface area (Å²) in [5, 5.41) is 0. The van der Waals surface area contributed by atoms with Crippen molar-refractivity contribution in [3.05, 3.63) is 50.6 Å². The van der Waals surface area contributed by atoms with Gasteiger partial charge in [-0.25, -0.2) is 0 Å². The van der Waals surface area contributed by atoms with Gasteiger partial charge in [0.2, 0.25) is 0 Å². The SMILES string of the molecule is C=CC(C)C(=O)OC(=O)C(C)C=C.C=CCC(=O)OC(=O)CC=C. The van der Waals surface area contributed by atoms with E-state index in [2.05, 4.69) is 35.8 Å². The number of ether oxygens (including phenoxy) is 2. The molecule has 0 heterocycles. The third-order valence-electron chi connectivity index (χ3n) is 2.50. The first-order chi connectivity index (χ1) is 11.2. The van der Waals surface area contributed by atoms with Crippen LogP contribution in [0.15, 0.2) is 50.6 Å². The predicted molar refractivity (Wildman–Crippen MR) is 90.5 cm³/mol. The maximum atomic E-state index is 11.1. The van der Waals surface area contributed by atoms with Crippen molar-refractivity contribution in [3.8, 4) is 0 Å². The molecule has 0 saturated heterocycles. The highest BCUT2D eigenvalue weighted by Gasteiger charge is 2.18. The minimum absolute atomic E-state index is 0.0584. The van der Waals surface area contributed by atoms with E-state index in [1.54, 1.807) is 13.8 Å². The molecule has 6 heteroatoms. The zero-order valence-corrected chi connectivity index (χ0v) is 14.2. The number of rotatable bonds is 8. The Balaban J connectivity index is 0. The molecule has 0 spiro atoms. The Kier molecular flexibility index (Phi) is 13.6. The summed E-state index contributed by atoms with van der Waals surface area (Å²) < 4.78 is 8.85. The molecule has 2 unspecified atom stereocenters. The highest BCUT2D eigenvalue weighted by molar-refractivity contribution is 5.89. The van der Waals surface area contributed by atoms with Crippen molar-refractivity contribution < 1.29 is 28.7 Å². The first kappa shape index (κ1) is 23.5. The van der Waals surface area contributed by atoms with Crippen LogP contribution < -0.4 is 0 Å². The second-order valence-electron chi connectivity index (χ2n) is 4.62. The maximum absolute atomic E-state index is 11.1. The summed E-state index contributed by atoms with van der Waals surface area (Å²) in [4.78, 5) is 43.3. The number of esters is 4. The van der Waals surface area contributed by atoms with Gasteiger partial charge in [-0.1, -0.05) is 24.3 Å². The number of hydrogen-bond donors (Lipinski definition) is 0. The molecule has 0 saturated carbocycles. The first-order valence-corrected chi connectivity index (χ1v) is 7.19. The minimum atomic E-state index is -0.577. The average molecular weight is 336 g/mol. The van der Waals surface area contributed by atoms with E-state index in [1.807, 2.05) is 0 Å². The molecule has 0 fully saturated rings. The molecule has 6 nitrogen and oxygen atoms in total. The minimum Gasteiger partial charge on any atom is -0.393 e. The van der Waals surface area contributed by atoms with Gasteiger partial charge in [0.1, 0.15) is 0 Å². The van der Waals surface area contributed by atoms with Gasteiger partial charge in [-0.05, 0) is 13.8 Å². The summed E-state index contributed by atoms with van der Waals surface area (Å²) in [5.74, 6) is -3.22. The van der Waals surface area contributed by atoms with Crippen LogP contribution in [0.4, 0.5) is 0 Å². The van der Waals surface area contributed by atoms with Crippen LogP contribution in [0.3, 0.4) is 0 Å². The van der Waals surface area contributed by atoms with Crippen LogP contribution in [0.2, 0.25) is 0 Å². The molecule has 0 aromatic carbocycles. The largest absolute Gasteiger partial charge is 0.393 e. The van der Waals surface area contributed by atoms with E-state index in [4.69, 9.17) is 0 Å². The number of carbonyl (C=O) groups is 4. The van der Waals surface area contributed by atoms with Crippen molar-refractivity contribution >= 4 is 23.9 Å². The molecule has 0 aromatic rings. The van der Waals surface area contributed by atoms with E-state index in [0.29, 0.717) is 0 Å². The Morgan fingerprint density at radius 1 is 0.750 bits per heavy atom. The molecule has 0 amide bonds. The van der Waals surface area contributed by atoms with E-state index >= 15 is 0 Å². The van der Waals surface area contributed by atoms with E-state index in [-0.39, 0.29) is 12.8 Å². The molecule has 0 aliphatic carbocycles. The Labute approximate surface area is 142 Å². The van der Waals surface area contributed by atoms with Gasteiger partial charge in [0.15, 0.2) is 0 Å². The quantitative estimate of drug-likeness (QED) is 0.385. The predicted octanol–water partition coefficient (Wildman–Crippen LogP) is 2.91. The Morgan fingerprint density at radius 3 is 1.33 bits per heavy atom. The van der Waals surface area contributed by atoms with Crippen LogP contribution in [0.5, 0.6) is 0 Å². The van der Waals surface area contributed by atoms with Crippen molar-refractivity contribution in [3.63, 3.8) is 0 Å². The van der Waals surface area contributed by atoms with Crippen LogP contribution in [0, 0.1) is 11.8 Å². The highest BCUT2D eigenvalue weighted by Crippen LogP contribution is 2.04. The topological polar surface area (TPSA) is 86.7 Å². The molecule has 24 heavy (non-hydrogen) atoms. The normalized spacial score (nSPS) is 11.4. The van der Waals surface area contributed by atoms with Gasteiger partial charge in [0.05, 0.1) is 24.7 Å². The Morgan fingerprint density at radius 2 is 1.08 bits per heavy atom. The summed E-state index contributed by atoms with van der Waals surface area (Å²) in [6, 6.07) is 0. The zero-order valence-electron chi connectivity index (χ0n) is 14.2. The third kappa shape index (κ3) is 11.9. The van der Waals surface area contributed by atoms with E-state index < -0.39 is 35.7 Å². The average Bonchev–Trinajstić information content (AvgIpc) is 2.53. The Hall–Kier alpha value is -2.76. The van der Waals surface area contributed by atoms with Gasteiger partial charge < -0.3 is 9.47 Å². The van der Waals surface area contributed by atoms with Gasteiger partial charge in [0, 0.05) is 0 Å². The summed E-state index contributed by atoms with van der Waals surface area (Å²) in [6.45, 7) is 16.7. The molecule has 132 valence electrons. The lowest BCUT2D eigenvalue weighted by molar-refractivity contribution is -0.163. The van der Waals surface area contributed by atoms with Crippen LogP contribution >= 0.6 is 0 Å². The maximum Gasteiger partial charge on any atom is 0.320 e. The van der Waals surface area contributed by atoms with Crippen LogP contribution in [0.25, 0.3) is 0 Å². The molecule has 0 N–H and O–H groups in total. The summed E-state index contributed by atoms with van der Waals surface area (Å²) in [7, 11) is 0. The standard InChI is InChI=1S/C10H14O3.C8H10O3/c1-5-7(3)9(11)13-10(12)8(4)6-2;1-3-5-7(9)11-8(10)6-4-2/h5-8H,1-2H2,3-4H3;3-4H,1-2,5-6H2. The fraction of sp³-hybridized carbons (Fsp3) is 0.333. The van der Waals surface area contributed by atoms with Crippen molar-refractivity contribution in [2.75, 3.05) is 0 Å². The molecule has 0 radical (unpaired) electrons. The lowest BCUT2D eigenvalue weighted by Gasteiger charge is -2.07. The summed E-state index contributed by atoms with van der Waals surface area (Å²) >= 11 is 0.